The number of nitrogens with zero attached hydrogens (tertiary/aromatic N) is 2. The van der Waals surface area contributed by atoms with Crippen molar-refractivity contribution in [3.63, 3.8) is 0 Å². The number of fused-ring (bicyclic) bond motifs is 1. The first kappa shape index (κ1) is 18.2. The number of piperazine rings is 1. The third kappa shape index (κ3) is 4.15. The van der Waals surface area contributed by atoms with Gasteiger partial charge in [-0.25, -0.2) is 8.42 Å². The van der Waals surface area contributed by atoms with Crippen molar-refractivity contribution in [2.24, 2.45) is 0 Å². The number of benzene rings is 1. The monoisotopic (exact) mass is 366 g/mol. The largest absolute Gasteiger partial charge is 0.493 e. The van der Waals surface area contributed by atoms with E-state index in [0.717, 1.165) is 37.2 Å². The van der Waals surface area contributed by atoms with Gasteiger partial charge < -0.3 is 9.64 Å². The number of rotatable bonds is 5. The van der Waals surface area contributed by atoms with Gasteiger partial charge in [0.15, 0.2) is 0 Å². The molecule has 0 N–H and O–H groups in total. The summed E-state index contributed by atoms with van der Waals surface area (Å²) >= 11 is 0. The first-order valence-electron chi connectivity index (χ1n) is 9.04. The fourth-order valence-corrected chi connectivity index (χ4v) is 4.93. The number of hydrogen-bond donors (Lipinski definition) is 0. The zero-order valence-electron chi connectivity index (χ0n) is 14.7. The smallest absolute Gasteiger partial charge is 0.253 e. The SMILES string of the molecule is CCCCS(=O)(=O)N1CCN(C(=O)c2ccc3c(c2)CCCO3)CC1. The number of carbonyl (C=O) groups excluding carboxylic acids is 1. The second-order valence-corrected chi connectivity index (χ2v) is 8.72. The molecule has 2 aliphatic heterocycles. The third-order valence-corrected chi connectivity index (χ3v) is 6.79. The van der Waals surface area contributed by atoms with E-state index < -0.39 is 10.0 Å². The fraction of sp³-hybridized carbons (Fsp3) is 0.611. The van der Waals surface area contributed by atoms with Crippen LogP contribution in [0.1, 0.15) is 42.1 Å². The maximum absolute atomic E-state index is 12.7. The van der Waals surface area contributed by atoms with Crippen molar-refractivity contribution in [2.75, 3.05) is 38.5 Å². The zero-order chi connectivity index (χ0) is 17.9. The predicted molar refractivity (Wildman–Crippen MR) is 96.4 cm³/mol. The number of ether oxygens (including phenoxy) is 1. The number of unbranched alkanes of at least 4 members (excludes halogenated alkanes) is 1. The van der Waals surface area contributed by atoms with E-state index in [1.165, 1.54) is 4.31 Å². The molecule has 0 radical (unpaired) electrons. The molecular weight excluding hydrogens is 340 g/mol. The van der Waals surface area contributed by atoms with Crippen molar-refractivity contribution in [3.05, 3.63) is 29.3 Å². The van der Waals surface area contributed by atoms with Gasteiger partial charge in [-0.2, -0.15) is 4.31 Å². The van der Waals surface area contributed by atoms with Crippen LogP contribution in [-0.2, 0) is 16.4 Å². The number of carbonyl (C=O) groups is 1. The van der Waals surface area contributed by atoms with Crippen LogP contribution in [0.2, 0.25) is 0 Å². The molecule has 0 aromatic heterocycles. The van der Waals surface area contributed by atoms with Crippen LogP contribution in [0, 0.1) is 0 Å². The van der Waals surface area contributed by atoms with Crippen molar-refractivity contribution < 1.29 is 17.9 Å². The van der Waals surface area contributed by atoms with Crippen molar-refractivity contribution in [1.82, 2.24) is 9.21 Å². The summed E-state index contributed by atoms with van der Waals surface area (Å²) in [6.45, 7) is 4.36. The van der Waals surface area contributed by atoms with Crippen molar-refractivity contribution in [2.45, 2.75) is 32.6 Å². The number of aryl methyl sites for hydroxylation is 1. The molecule has 138 valence electrons. The van der Waals surface area contributed by atoms with E-state index >= 15 is 0 Å². The molecule has 1 saturated heterocycles. The lowest BCUT2D eigenvalue weighted by Crippen LogP contribution is -2.51. The first-order valence-corrected chi connectivity index (χ1v) is 10.6. The van der Waals surface area contributed by atoms with Gasteiger partial charge in [-0.05, 0) is 43.0 Å². The number of sulfonamides is 1. The van der Waals surface area contributed by atoms with E-state index in [4.69, 9.17) is 4.74 Å². The Bertz CT molecular complexity index is 725. The van der Waals surface area contributed by atoms with Gasteiger partial charge in [0.25, 0.3) is 5.91 Å². The van der Waals surface area contributed by atoms with Crippen LogP contribution >= 0.6 is 0 Å². The van der Waals surface area contributed by atoms with E-state index in [0.29, 0.717) is 38.2 Å². The van der Waals surface area contributed by atoms with Gasteiger partial charge in [0.2, 0.25) is 10.0 Å². The molecule has 1 amide bonds. The molecule has 7 heteroatoms. The van der Waals surface area contributed by atoms with Crippen LogP contribution in [0.15, 0.2) is 18.2 Å². The van der Waals surface area contributed by atoms with Crippen LogP contribution in [-0.4, -0.2) is 62.1 Å². The topological polar surface area (TPSA) is 66.9 Å². The molecular formula is C18H26N2O4S. The van der Waals surface area contributed by atoms with Gasteiger partial charge in [-0.15, -0.1) is 0 Å². The lowest BCUT2D eigenvalue weighted by Gasteiger charge is -2.34. The van der Waals surface area contributed by atoms with Gasteiger partial charge in [-0.1, -0.05) is 13.3 Å². The molecule has 3 rings (SSSR count). The molecule has 2 aliphatic rings. The summed E-state index contributed by atoms with van der Waals surface area (Å²) < 4.78 is 31.6. The summed E-state index contributed by atoms with van der Waals surface area (Å²) in [5, 5.41) is 0. The first-order chi connectivity index (χ1) is 12.0. The highest BCUT2D eigenvalue weighted by Crippen LogP contribution is 2.26. The molecule has 1 fully saturated rings. The molecule has 1 aromatic carbocycles. The zero-order valence-corrected chi connectivity index (χ0v) is 15.6. The van der Waals surface area contributed by atoms with Gasteiger partial charge in [0.1, 0.15) is 5.75 Å². The van der Waals surface area contributed by atoms with Crippen molar-refractivity contribution in [1.29, 1.82) is 0 Å². The number of hydrogen-bond acceptors (Lipinski definition) is 4. The Kier molecular flexibility index (Phi) is 5.64. The third-order valence-electron chi connectivity index (χ3n) is 4.83. The van der Waals surface area contributed by atoms with E-state index in [2.05, 4.69) is 0 Å². The summed E-state index contributed by atoms with van der Waals surface area (Å²) in [5.41, 5.74) is 1.74. The van der Waals surface area contributed by atoms with Crippen LogP contribution in [0.4, 0.5) is 0 Å². The minimum atomic E-state index is -3.19. The minimum Gasteiger partial charge on any atom is -0.493 e. The molecule has 0 aliphatic carbocycles. The summed E-state index contributed by atoms with van der Waals surface area (Å²) in [6.07, 6.45) is 3.44. The predicted octanol–water partition coefficient (Wildman–Crippen LogP) is 1.90. The Morgan fingerprint density at radius 2 is 1.96 bits per heavy atom. The van der Waals surface area contributed by atoms with E-state index in [-0.39, 0.29) is 11.7 Å². The minimum absolute atomic E-state index is 0.0287. The molecule has 0 bridgehead atoms. The molecule has 6 nitrogen and oxygen atoms in total. The average molecular weight is 366 g/mol. The second-order valence-electron chi connectivity index (χ2n) is 6.64. The summed E-state index contributed by atoms with van der Waals surface area (Å²) in [7, 11) is -3.19. The summed E-state index contributed by atoms with van der Waals surface area (Å²) in [4.78, 5) is 14.5. The van der Waals surface area contributed by atoms with Crippen LogP contribution in [0.25, 0.3) is 0 Å². The van der Waals surface area contributed by atoms with Crippen LogP contribution < -0.4 is 4.74 Å². The molecule has 1 aromatic rings. The highest BCUT2D eigenvalue weighted by atomic mass is 32.2. The molecule has 0 spiro atoms. The quantitative estimate of drug-likeness (QED) is 0.798. The Labute approximate surface area is 149 Å². The van der Waals surface area contributed by atoms with E-state index in [9.17, 15) is 13.2 Å². The van der Waals surface area contributed by atoms with Crippen molar-refractivity contribution >= 4 is 15.9 Å². The Morgan fingerprint density at radius 1 is 1.20 bits per heavy atom. The van der Waals surface area contributed by atoms with E-state index in [1.807, 2.05) is 19.1 Å². The molecule has 25 heavy (non-hydrogen) atoms. The Balaban J connectivity index is 1.62. The molecule has 0 unspecified atom stereocenters. The van der Waals surface area contributed by atoms with Gasteiger partial charge in [-0.3, -0.25) is 4.79 Å². The highest BCUT2D eigenvalue weighted by Gasteiger charge is 2.29. The lowest BCUT2D eigenvalue weighted by atomic mass is 10.0. The summed E-state index contributed by atoms with van der Waals surface area (Å²) in [5.74, 6) is 1.04. The van der Waals surface area contributed by atoms with Gasteiger partial charge in [0, 0.05) is 31.7 Å². The van der Waals surface area contributed by atoms with Gasteiger partial charge in [0.05, 0.1) is 12.4 Å². The standard InChI is InChI=1S/C18H26N2O4S/c1-2-3-13-25(22,23)20-10-8-19(9-11-20)18(21)16-6-7-17-15(14-16)5-4-12-24-17/h6-7,14H,2-5,8-13H2,1H3. The van der Waals surface area contributed by atoms with Gasteiger partial charge >= 0.3 is 0 Å². The fourth-order valence-electron chi connectivity index (χ4n) is 3.30. The summed E-state index contributed by atoms with van der Waals surface area (Å²) in [6, 6.07) is 5.59. The van der Waals surface area contributed by atoms with Crippen molar-refractivity contribution in [3.8, 4) is 5.75 Å². The highest BCUT2D eigenvalue weighted by molar-refractivity contribution is 7.89. The van der Waals surface area contributed by atoms with E-state index in [1.54, 1.807) is 11.0 Å². The lowest BCUT2D eigenvalue weighted by molar-refractivity contribution is 0.0697. The maximum Gasteiger partial charge on any atom is 0.253 e. The number of amides is 1. The normalized spacial score (nSPS) is 18.5. The van der Waals surface area contributed by atoms with Crippen LogP contribution in [0.5, 0.6) is 5.75 Å². The Hall–Kier alpha value is -1.60. The molecule has 0 saturated carbocycles. The average Bonchev–Trinajstić information content (AvgIpc) is 2.65. The van der Waals surface area contributed by atoms with Crippen LogP contribution in [0.3, 0.4) is 0 Å². The molecule has 0 atom stereocenters. The molecule has 2 heterocycles. The Morgan fingerprint density at radius 3 is 2.68 bits per heavy atom. The second kappa shape index (κ2) is 7.74. The maximum atomic E-state index is 12.7.